The Morgan fingerprint density at radius 1 is 0.536 bits per heavy atom. The lowest BCUT2D eigenvalue weighted by Crippen LogP contribution is -2.37. The van der Waals surface area contributed by atoms with E-state index in [9.17, 15) is 14.3 Å². The molecule has 2 atom stereocenters. The average molecular weight is 817 g/mol. The number of hydrogen-bond acceptors (Lipinski definition) is 6. The molecule has 1 N–H and O–H groups in total. The lowest BCUT2D eigenvalue weighted by atomic mass is 10.0. The van der Waals surface area contributed by atoms with Crippen molar-refractivity contribution in [3.05, 3.63) is 12.2 Å². The van der Waals surface area contributed by atoms with E-state index >= 15 is 0 Å². The largest absolute Gasteiger partial charge is 0.472 e. The van der Waals surface area contributed by atoms with Crippen LogP contribution in [0.3, 0.4) is 0 Å². The second-order valence-corrected chi connectivity index (χ2v) is 19.0. The first-order valence-electron chi connectivity index (χ1n) is 23.9. The van der Waals surface area contributed by atoms with E-state index in [0.717, 1.165) is 32.1 Å². The zero-order valence-corrected chi connectivity index (χ0v) is 38.8. The van der Waals surface area contributed by atoms with Gasteiger partial charge in [-0.1, -0.05) is 193 Å². The third-order valence-corrected chi connectivity index (χ3v) is 11.6. The van der Waals surface area contributed by atoms with Gasteiger partial charge in [-0.25, -0.2) is 4.57 Å². The van der Waals surface area contributed by atoms with E-state index in [1.807, 2.05) is 21.1 Å². The van der Waals surface area contributed by atoms with Crippen LogP contribution in [0.4, 0.5) is 0 Å². The van der Waals surface area contributed by atoms with Gasteiger partial charge in [0.05, 0.1) is 34.4 Å². The molecule has 9 heteroatoms. The average Bonchev–Trinajstić information content (AvgIpc) is 3.15. The molecule has 0 fully saturated rings. The highest BCUT2D eigenvalue weighted by molar-refractivity contribution is 7.47. The van der Waals surface area contributed by atoms with Crippen LogP contribution in [0.25, 0.3) is 0 Å². The predicted molar refractivity (Wildman–Crippen MR) is 238 cm³/mol. The first-order chi connectivity index (χ1) is 27.1. The maximum Gasteiger partial charge on any atom is 0.472 e. The molecule has 0 aromatic rings. The summed E-state index contributed by atoms with van der Waals surface area (Å²) >= 11 is 0. The highest BCUT2D eigenvalue weighted by Crippen LogP contribution is 2.43. The summed E-state index contributed by atoms with van der Waals surface area (Å²) in [4.78, 5) is 22.9. The fraction of sp³-hybridized carbons (Fsp3) is 0.936. The summed E-state index contributed by atoms with van der Waals surface area (Å²) in [5, 5.41) is 0. The second kappa shape index (κ2) is 41.0. The van der Waals surface area contributed by atoms with Gasteiger partial charge in [0.1, 0.15) is 19.3 Å². The zero-order valence-electron chi connectivity index (χ0n) is 37.9. The minimum atomic E-state index is -4.27. The van der Waals surface area contributed by atoms with Crippen molar-refractivity contribution in [3.8, 4) is 0 Å². The second-order valence-electron chi connectivity index (χ2n) is 17.5. The van der Waals surface area contributed by atoms with E-state index in [0.29, 0.717) is 24.1 Å². The van der Waals surface area contributed by atoms with Gasteiger partial charge in [0, 0.05) is 13.0 Å². The summed E-state index contributed by atoms with van der Waals surface area (Å²) in [6.45, 7) is 5.65. The van der Waals surface area contributed by atoms with Crippen LogP contribution in [0.15, 0.2) is 12.2 Å². The Kier molecular flexibility index (Phi) is 40.4. The number of nitrogens with zero attached hydrogens (tertiary/aromatic N) is 1. The molecule has 0 aliphatic carbocycles. The van der Waals surface area contributed by atoms with E-state index < -0.39 is 13.9 Å². The fourth-order valence-corrected chi connectivity index (χ4v) is 7.58. The van der Waals surface area contributed by atoms with Gasteiger partial charge in [0.25, 0.3) is 0 Å². The van der Waals surface area contributed by atoms with Gasteiger partial charge in [-0.15, -0.1) is 0 Å². The number of phosphoric acid groups is 1. The van der Waals surface area contributed by atoms with Crippen LogP contribution in [-0.4, -0.2) is 75.6 Å². The van der Waals surface area contributed by atoms with Crippen LogP contribution in [-0.2, 0) is 27.9 Å². The third kappa shape index (κ3) is 44.3. The summed E-state index contributed by atoms with van der Waals surface area (Å²) < 4.78 is 35.1. The maximum atomic E-state index is 12.7. The molecule has 0 amide bonds. The van der Waals surface area contributed by atoms with Crippen LogP contribution >= 0.6 is 7.82 Å². The molecule has 334 valence electrons. The quantitative estimate of drug-likeness (QED) is 0.0215. The van der Waals surface area contributed by atoms with E-state index in [-0.39, 0.29) is 25.8 Å². The Balaban J connectivity index is 4.16. The number of likely N-dealkylation sites (N-methyl/N-ethyl adjacent to an activating group) is 1. The van der Waals surface area contributed by atoms with Gasteiger partial charge in [-0.2, -0.15) is 0 Å². The minimum absolute atomic E-state index is 0.0908. The molecule has 0 saturated carbocycles. The van der Waals surface area contributed by atoms with Gasteiger partial charge in [0.15, 0.2) is 0 Å². The Labute approximate surface area is 348 Å². The summed E-state index contributed by atoms with van der Waals surface area (Å²) in [5.41, 5.74) is 0. The maximum absolute atomic E-state index is 12.7. The van der Waals surface area contributed by atoms with Crippen molar-refractivity contribution >= 4 is 13.8 Å². The van der Waals surface area contributed by atoms with Crippen molar-refractivity contribution in [1.29, 1.82) is 0 Å². The van der Waals surface area contributed by atoms with Crippen molar-refractivity contribution in [2.45, 2.75) is 232 Å². The smallest absolute Gasteiger partial charge is 0.457 e. The molecule has 0 saturated heterocycles. The summed E-state index contributed by atoms with van der Waals surface area (Å²) in [5.74, 6) is -0.310. The monoisotopic (exact) mass is 817 g/mol. The lowest BCUT2D eigenvalue weighted by Gasteiger charge is -2.24. The van der Waals surface area contributed by atoms with E-state index in [1.165, 1.54) is 173 Å². The Bertz CT molecular complexity index is 909. The molecule has 8 nitrogen and oxygen atoms in total. The number of esters is 1. The molecule has 56 heavy (non-hydrogen) atoms. The Morgan fingerprint density at radius 3 is 1.36 bits per heavy atom. The van der Waals surface area contributed by atoms with Crippen LogP contribution in [0, 0.1) is 0 Å². The van der Waals surface area contributed by atoms with Crippen molar-refractivity contribution in [3.63, 3.8) is 0 Å². The molecular formula is C47H95NO7P+. The molecule has 0 bridgehead atoms. The Hall–Kier alpha value is -0.760. The third-order valence-electron chi connectivity index (χ3n) is 10.6. The van der Waals surface area contributed by atoms with E-state index in [2.05, 4.69) is 26.0 Å². The number of carbonyl (C=O) groups excluding carboxylic acids is 1. The van der Waals surface area contributed by atoms with Crippen molar-refractivity contribution in [1.82, 2.24) is 0 Å². The number of rotatable bonds is 45. The fourth-order valence-electron chi connectivity index (χ4n) is 6.84. The van der Waals surface area contributed by atoms with E-state index in [4.69, 9.17) is 18.5 Å². The number of phosphoric ester groups is 1. The van der Waals surface area contributed by atoms with E-state index in [1.54, 1.807) is 0 Å². The van der Waals surface area contributed by atoms with Gasteiger partial charge < -0.3 is 18.9 Å². The van der Waals surface area contributed by atoms with Crippen LogP contribution in [0.1, 0.15) is 226 Å². The van der Waals surface area contributed by atoms with Crippen LogP contribution < -0.4 is 0 Å². The molecular weight excluding hydrogens is 721 g/mol. The standard InChI is InChI=1S/C47H94NO7P/c1-6-8-10-12-14-16-18-20-22-24-25-26-28-30-32-34-36-38-40-47(49)55-46(45-54-56(50,51)53-43-41-48(3,4)5)44-52-42-39-37-35-33-31-29-27-23-21-19-17-15-13-11-9-7-2/h21,23,46H,6-20,22,24-45H2,1-5H3/p+1/b23-21-. The summed E-state index contributed by atoms with van der Waals surface area (Å²) in [7, 11) is 1.68. The lowest BCUT2D eigenvalue weighted by molar-refractivity contribution is -0.870. The molecule has 0 rings (SSSR count). The van der Waals surface area contributed by atoms with Crippen molar-refractivity contribution in [2.75, 3.05) is 54.1 Å². The number of allylic oxidation sites excluding steroid dienone is 2. The number of carbonyl (C=O) groups is 1. The molecule has 0 aliphatic rings. The van der Waals surface area contributed by atoms with Gasteiger partial charge in [-0.3, -0.25) is 13.8 Å². The van der Waals surface area contributed by atoms with Gasteiger partial charge in [-0.05, 0) is 38.5 Å². The van der Waals surface area contributed by atoms with Crippen molar-refractivity contribution < 1.29 is 37.3 Å². The summed E-state index contributed by atoms with van der Waals surface area (Å²) in [6.07, 6.45) is 45.3. The number of unbranched alkanes of at least 4 members (excludes halogenated alkanes) is 29. The number of hydrogen-bond donors (Lipinski definition) is 1. The van der Waals surface area contributed by atoms with Crippen LogP contribution in [0.2, 0.25) is 0 Å². The van der Waals surface area contributed by atoms with Crippen LogP contribution in [0.5, 0.6) is 0 Å². The molecule has 0 aromatic heterocycles. The molecule has 2 unspecified atom stereocenters. The zero-order chi connectivity index (χ0) is 41.3. The molecule has 0 aromatic carbocycles. The van der Waals surface area contributed by atoms with Gasteiger partial charge >= 0.3 is 13.8 Å². The highest BCUT2D eigenvalue weighted by atomic mass is 31.2. The molecule has 0 spiro atoms. The van der Waals surface area contributed by atoms with Gasteiger partial charge in [0.2, 0.25) is 0 Å². The summed E-state index contributed by atoms with van der Waals surface area (Å²) in [6, 6.07) is 0. The topological polar surface area (TPSA) is 91.3 Å². The number of quaternary nitrogens is 1. The predicted octanol–water partition coefficient (Wildman–Crippen LogP) is 14.2. The van der Waals surface area contributed by atoms with Crippen molar-refractivity contribution in [2.24, 2.45) is 0 Å². The first-order valence-corrected chi connectivity index (χ1v) is 25.4. The molecule has 0 aliphatic heterocycles. The number of ether oxygens (including phenoxy) is 2. The molecule has 0 heterocycles. The SMILES string of the molecule is CCCCCCCC/C=C\CCCCCCCCOCC(COP(=O)(O)OCC[N+](C)(C)C)OC(=O)CCCCCCCCCCCCCCCCCCCC. The molecule has 0 radical (unpaired) electrons. The Morgan fingerprint density at radius 2 is 0.929 bits per heavy atom. The first kappa shape index (κ1) is 55.2. The normalized spacial score (nSPS) is 13.8. The minimum Gasteiger partial charge on any atom is -0.457 e. The highest BCUT2D eigenvalue weighted by Gasteiger charge is 2.26.